The zero-order valence-corrected chi connectivity index (χ0v) is 9.05. The monoisotopic (exact) mass is 212 g/mol. The Kier molecular flexibility index (Phi) is 5.29. The Morgan fingerprint density at radius 2 is 2.50 bits per heavy atom. The summed E-state index contributed by atoms with van der Waals surface area (Å²) in [6.45, 7) is 2.14. The molecule has 1 aliphatic carbocycles. The molecule has 0 spiro atoms. The number of allylic oxidation sites excluding steroid dienone is 2. The van der Waals surface area contributed by atoms with Crippen LogP contribution in [0.3, 0.4) is 0 Å². The van der Waals surface area contributed by atoms with Crippen LogP contribution >= 0.6 is 0 Å². The van der Waals surface area contributed by atoms with E-state index in [1.54, 1.807) is 0 Å². The molecule has 0 saturated carbocycles. The first-order chi connectivity index (χ1) is 4.33. The van der Waals surface area contributed by atoms with E-state index in [9.17, 15) is 4.79 Å². The van der Waals surface area contributed by atoms with E-state index in [0.717, 1.165) is 18.3 Å². The molecule has 1 atom stereocenters. The SMILES string of the molecule is C[C@H]1[CH-]C(C=O)=CCC1.[Y]. The Bertz CT molecular complexity index is 140. The maximum atomic E-state index is 10.2. The fourth-order valence-electron chi connectivity index (χ4n) is 1.08. The second kappa shape index (κ2) is 5.09. The Morgan fingerprint density at radius 3 is 2.90 bits per heavy atom. The second-order valence-corrected chi connectivity index (χ2v) is 2.54. The summed E-state index contributed by atoms with van der Waals surface area (Å²) in [7, 11) is 0. The standard InChI is InChI=1S/C8H11O.Y/c1-7-3-2-4-8(5-7)6-9;/h4-7H,2-3H2,1H3;/q-1;/t7-;/m1./s1. The average molecular weight is 212 g/mol. The van der Waals surface area contributed by atoms with Gasteiger partial charge in [0, 0.05) is 39.0 Å². The van der Waals surface area contributed by atoms with Crippen LogP contribution in [-0.4, -0.2) is 6.29 Å². The quantitative estimate of drug-likeness (QED) is 0.478. The van der Waals surface area contributed by atoms with Gasteiger partial charge in [0.25, 0.3) is 0 Å². The third-order valence-corrected chi connectivity index (χ3v) is 1.62. The van der Waals surface area contributed by atoms with Gasteiger partial charge in [-0.2, -0.15) is 18.1 Å². The number of rotatable bonds is 1. The number of carbonyl (C=O) groups excluding carboxylic acids is 1. The Balaban J connectivity index is 0.000000810. The predicted molar refractivity (Wildman–Crippen MR) is 36.8 cm³/mol. The van der Waals surface area contributed by atoms with Gasteiger partial charge in [0.2, 0.25) is 0 Å². The molecule has 0 aromatic carbocycles. The first kappa shape index (κ1) is 10.4. The number of hydrogen-bond donors (Lipinski definition) is 0. The largest absolute Gasteiger partial charge is 0.374 e. The summed E-state index contributed by atoms with van der Waals surface area (Å²) >= 11 is 0. The molecular weight excluding hydrogens is 201 g/mol. The second-order valence-electron chi connectivity index (χ2n) is 2.54. The summed E-state index contributed by atoms with van der Waals surface area (Å²) in [5.74, 6) is 0.593. The summed E-state index contributed by atoms with van der Waals surface area (Å²) in [6.07, 6.45) is 7.20. The van der Waals surface area contributed by atoms with E-state index >= 15 is 0 Å². The topological polar surface area (TPSA) is 17.1 Å². The van der Waals surface area contributed by atoms with Gasteiger partial charge in [0.05, 0.1) is 0 Å². The molecule has 1 radical (unpaired) electrons. The van der Waals surface area contributed by atoms with Gasteiger partial charge in [0.1, 0.15) is 0 Å². The molecule has 0 saturated heterocycles. The molecular formula is C8H11OY-. The molecule has 1 aliphatic rings. The molecule has 1 rings (SSSR count). The molecule has 0 heterocycles. The van der Waals surface area contributed by atoms with E-state index in [-0.39, 0.29) is 32.7 Å². The van der Waals surface area contributed by atoms with Gasteiger partial charge in [-0.25, -0.2) is 0 Å². The molecule has 0 fully saturated rings. The van der Waals surface area contributed by atoms with Crippen molar-refractivity contribution in [1.82, 2.24) is 0 Å². The summed E-state index contributed by atoms with van der Waals surface area (Å²) in [6, 6.07) is 0. The number of carbonyl (C=O) groups is 1. The molecule has 0 amide bonds. The maximum Gasteiger partial charge on any atom is 0.0365 e. The number of aldehydes is 1. The van der Waals surface area contributed by atoms with E-state index in [2.05, 4.69) is 6.92 Å². The maximum absolute atomic E-state index is 10.2. The average Bonchev–Trinajstić information content (AvgIpc) is 1.88. The minimum Gasteiger partial charge on any atom is -0.374 e. The smallest absolute Gasteiger partial charge is 0.0365 e. The minimum absolute atomic E-state index is 0. The Morgan fingerprint density at radius 1 is 1.80 bits per heavy atom. The first-order valence-corrected chi connectivity index (χ1v) is 3.33. The van der Waals surface area contributed by atoms with Crippen LogP contribution in [0.1, 0.15) is 19.8 Å². The van der Waals surface area contributed by atoms with Crippen LogP contribution in [0.25, 0.3) is 0 Å². The van der Waals surface area contributed by atoms with Crippen molar-refractivity contribution in [1.29, 1.82) is 0 Å². The van der Waals surface area contributed by atoms with Crippen LogP contribution in [-0.2, 0) is 37.5 Å². The minimum atomic E-state index is 0. The van der Waals surface area contributed by atoms with Gasteiger partial charge in [-0.1, -0.05) is 25.7 Å². The van der Waals surface area contributed by atoms with Crippen molar-refractivity contribution in [2.24, 2.45) is 5.92 Å². The van der Waals surface area contributed by atoms with Crippen molar-refractivity contribution in [2.45, 2.75) is 19.8 Å². The fourth-order valence-corrected chi connectivity index (χ4v) is 1.08. The zero-order chi connectivity index (χ0) is 6.69. The van der Waals surface area contributed by atoms with Gasteiger partial charge < -0.3 is 4.79 Å². The van der Waals surface area contributed by atoms with Gasteiger partial charge in [-0.3, -0.25) is 0 Å². The molecule has 0 unspecified atom stereocenters. The molecule has 10 heavy (non-hydrogen) atoms. The molecule has 53 valence electrons. The van der Waals surface area contributed by atoms with Crippen LogP contribution in [0.4, 0.5) is 0 Å². The van der Waals surface area contributed by atoms with Gasteiger partial charge in [-0.15, -0.1) is 0 Å². The van der Waals surface area contributed by atoms with Crippen LogP contribution in [0.5, 0.6) is 0 Å². The summed E-state index contributed by atoms with van der Waals surface area (Å²) in [5.41, 5.74) is 0.869. The van der Waals surface area contributed by atoms with Crippen molar-refractivity contribution in [3.05, 3.63) is 18.1 Å². The Labute approximate surface area is 87.1 Å². The van der Waals surface area contributed by atoms with Crippen LogP contribution in [0, 0.1) is 12.3 Å². The van der Waals surface area contributed by atoms with Crippen LogP contribution < -0.4 is 0 Å². The van der Waals surface area contributed by atoms with Gasteiger partial charge in [-0.05, 0) is 0 Å². The number of hydrogen-bond acceptors (Lipinski definition) is 1. The fraction of sp³-hybridized carbons (Fsp3) is 0.500. The van der Waals surface area contributed by atoms with E-state index < -0.39 is 0 Å². The molecule has 1 nitrogen and oxygen atoms in total. The molecule has 2 heteroatoms. The van der Waals surface area contributed by atoms with Crippen molar-refractivity contribution in [3.63, 3.8) is 0 Å². The zero-order valence-electron chi connectivity index (χ0n) is 6.21. The van der Waals surface area contributed by atoms with Crippen molar-refractivity contribution in [2.75, 3.05) is 0 Å². The third-order valence-electron chi connectivity index (χ3n) is 1.62. The van der Waals surface area contributed by atoms with E-state index in [0.29, 0.717) is 5.92 Å². The Hall–Kier alpha value is 0.384. The first-order valence-electron chi connectivity index (χ1n) is 3.33. The van der Waals surface area contributed by atoms with Crippen LogP contribution in [0.2, 0.25) is 0 Å². The summed E-state index contributed by atoms with van der Waals surface area (Å²) in [4.78, 5) is 10.2. The summed E-state index contributed by atoms with van der Waals surface area (Å²) < 4.78 is 0. The molecule has 0 aliphatic heterocycles. The normalized spacial score (nSPS) is 23.7. The van der Waals surface area contributed by atoms with Gasteiger partial charge >= 0.3 is 0 Å². The summed E-state index contributed by atoms with van der Waals surface area (Å²) in [5, 5.41) is 0. The van der Waals surface area contributed by atoms with Crippen molar-refractivity contribution < 1.29 is 37.5 Å². The van der Waals surface area contributed by atoms with E-state index in [1.807, 2.05) is 12.5 Å². The predicted octanol–water partition coefficient (Wildman–Crippen LogP) is 1.74. The van der Waals surface area contributed by atoms with E-state index in [4.69, 9.17) is 0 Å². The molecule has 0 aromatic rings. The molecule has 0 N–H and O–H groups in total. The van der Waals surface area contributed by atoms with E-state index in [1.165, 1.54) is 6.42 Å². The third kappa shape index (κ3) is 2.98. The van der Waals surface area contributed by atoms with Gasteiger partial charge in [0.15, 0.2) is 0 Å². The molecule has 0 aromatic heterocycles. The van der Waals surface area contributed by atoms with Crippen molar-refractivity contribution in [3.8, 4) is 0 Å². The van der Waals surface area contributed by atoms with Crippen molar-refractivity contribution >= 4 is 6.29 Å². The molecule has 0 bridgehead atoms. The van der Waals surface area contributed by atoms with Crippen LogP contribution in [0.15, 0.2) is 11.6 Å².